The van der Waals surface area contributed by atoms with Crippen LogP contribution in [-0.4, -0.2) is 88.2 Å². The maximum Gasteiger partial charge on any atom is 0.410 e. The largest absolute Gasteiger partial charge is 0.483 e. The molecule has 4 aromatic rings. The first-order chi connectivity index (χ1) is 28.2. The van der Waals surface area contributed by atoms with E-state index in [4.69, 9.17) is 19.4 Å². The van der Waals surface area contributed by atoms with Gasteiger partial charge in [-0.05, 0) is 48.2 Å². The smallest absolute Gasteiger partial charge is 0.410 e. The zero-order valence-corrected chi connectivity index (χ0v) is 33.2. The van der Waals surface area contributed by atoms with E-state index in [1.807, 2.05) is 30.3 Å². The molecule has 0 bridgehead atoms. The van der Waals surface area contributed by atoms with Crippen molar-refractivity contribution in [1.82, 2.24) is 14.8 Å². The van der Waals surface area contributed by atoms with Crippen molar-refractivity contribution in [3.8, 4) is 0 Å². The number of anilines is 2. The molecule has 1 aromatic heterocycles. The van der Waals surface area contributed by atoms with Crippen LogP contribution in [0, 0.1) is 17.7 Å². The highest BCUT2D eigenvalue weighted by molar-refractivity contribution is 5.97. The summed E-state index contributed by atoms with van der Waals surface area (Å²) in [4.78, 5) is 87.3. The van der Waals surface area contributed by atoms with Crippen molar-refractivity contribution in [3.05, 3.63) is 106 Å². The Balaban J connectivity index is 0.00000248. The third kappa shape index (κ3) is 12.1. The number of hydrogen-bond acceptors (Lipinski definition) is 10. The molecule has 5 rings (SSSR count). The predicted molar refractivity (Wildman–Crippen MR) is 216 cm³/mol. The van der Waals surface area contributed by atoms with Crippen LogP contribution in [0.3, 0.4) is 0 Å². The van der Waals surface area contributed by atoms with Crippen LogP contribution in [-0.2, 0) is 43.6 Å². The number of carboxylic acids is 1. The number of benzene rings is 3. The lowest BCUT2D eigenvalue weighted by molar-refractivity contribution is -0.127. The van der Waals surface area contributed by atoms with Crippen molar-refractivity contribution < 1.29 is 52.8 Å². The number of amides is 3. The number of nitrogens with one attached hydrogen (secondary N) is 2. The van der Waals surface area contributed by atoms with Gasteiger partial charge >= 0.3 is 18.2 Å². The molecule has 314 valence electrons. The molecule has 3 amide bonds. The van der Waals surface area contributed by atoms with E-state index < -0.39 is 46.9 Å². The van der Waals surface area contributed by atoms with E-state index in [1.165, 1.54) is 17.2 Å². The maximum absolute atomic E-state index is 15.3. The van der Waals surface area contributed by atoms with Crippen LogP contribution in [0.5, 0.6) is 0 Å². The van der Waals surface area contributed by atoms with E-state index >= 15 is 4.39 Å². The molecule has 2 heterocycles. The number of aromatic carboxylic acids is 1. The molecule has 59 heavy (non-hydrogen) atoms. The highest BCUT2D eigenvalue weighted by Gasteiger charge is 2.29. The van der Waals surface area contributed by atoms with Crippen LogP contribution < -0.4 is 21.0 Å². The minimum atomic E-state index is -1.38. The molecule has 1 aliphatic heterocycles. The summed E-state index contributed by atoms with van der Waals surface area (Å²) in [6, 6.07) is 17.7. The van der Waals surface area contributed by atoms with E-state index in [1.54, 1.807) is 61.4 Å². The van der Waals surface area contributed by atoms with Crippen molar-refractivity contribution in [2.24, 2.45) is 11.8 Å². The molecule has 4 N–H and O–H groups in total. The van der Waals surface area contributed by atoms with Crippen LogP contribution in [0.4, 0.5) is 25.4 Å². The summed E-state index contributed by atoms with van der Waals surface area (Å²) in [6.45, 7) is 8.30. The Bertz CT molecular complexity index is 2190. The average Bonchev–Trinajstić information content (AvgIpc) is 3.22. The molecule has 0 spiro atoms. The molecule has 0 saturated carbocycles. The first-order valence-corrected chi connectivity index (χ1v) is 18.9. The number of ether oxygens (including phenoxy) is 2. The second kappa shape index (κ2) is 21.1. The Kier molecular flexibility index (Phi) is 16.1. The van der Waals surface area contributed by atoms with Gasteiger partial charge in [0.2, 0.25) is 11.3 Å². The Hall–Kier alpha value is -6.78. The Labute approximate surface area is 339 Å². The molecule has 0 radical (unpaired) electrons. The Morgan fingerprint density at radius 2 is 1.51 bits per heavy atom. The average molecular weight is 818 g/mol. The van der Waals surface area contributed by atoms with Crippen LogP contribution >= 0.6 is 0 Å². The minimum Gasteiger partial charge on any atom is -0.483 e. The summed E-state index contributed by atoms with van der Waals surface area (Å²) in [5.74, 6) is -3.62. The number of ketones is 1. The van der Waals surface area contributed by atoms with E-state index in [2.05, 4.69) is 10.6 Å². The van der Waals surface area contributed by atoms with Crippen LogP contribution in [0.15, 0.2) is 77.7 Å². The SMILES string of the molecule is CCn1cc(C(=O)O)c(=O)c2cc(F)c(N3CCN(C(=O)OCc4ccc(NC(=O)[C@H](C)CC(=O)[C@@H](NC(=O)OCc5ccccc5)C(C)C)cc4)CC3)cc21.O=CO. The van der Waals surface area contributed by atoms with Crippen molar-refractivity contribution >= 4 is 58.6 Å². The maximum atomic E-state index is 15.3. The van der Waals surface area contributed by atoms with Crippen LogP contribution in [0.2, 0.25) is 0 Å². The van der Waals surface area contributed by atoms with Gasteiger partial charge in [0.25, 0.3) is 6.47 Å². The molecule has 1 aliphatic rings. The number of fused-ring (bicyclic) bond motifs is 1. The minimum absolute atomic E-state index is 0.0168. The van der Waals surface area contributed by atoms with Gasteiger partial charge in [0, 0.05) is 62.3 Å². The van der Waals surface area contributed by atoms with Gasteiger partial charge in [-0.15, -0.1) is 0 Å². The predicted octanol–water partition coefficient (Wildman–Crippen LogP) is 5.50. The van der Waals surface area contributed by atoms with E-state index in [0.29, 0.717) is 36.4 Å². The standard InChI is InChI=1S/C41H46FN5O9.CH2O2/c1-5-45-22-31(39(51)52)37(49)30-20-32(42)34(21-33(30)45)46-15-17-47(18-16-46)41(54)56-24-28-11-13-29(14-12-28)43-38(50)26(4)19-35(48)36(25(2)3)44-40(53)55-23-27-9-7-6-8-10-27;2-1-3/h6-14,20-22,25-26,36H,5,15-19,23-24H2,1-4H3,(H,43,50)(H,44,53)(H,51,52);1H,(H,2,3)/t26-,36+;/m1./s1. The fraction of sp³-hybridized carbons (Fsp3) is 0.357. The quantitative estimate of drug-likeness (QED) is 0.116. The highest BCUT2D eigenvalue weighted by atomic mass is 19.1. The summed E-state index contributed by atoms with van der Waals surface area (Å²) < 4.78 is 27.6. The summed E-state index contributed by atoms with van der Waals surface area (Å²) in [5.41, 5.74) is 1.46. The summed E-state index contributed by atoms with van der Waals surface area (Å²) in [6.07, 6.45) is -0.0910. The summed E-state index contributed by atoms with van der Waals surface area (Å²) in [5, 5.41) is 21.7. The molecule has 17 heteroatoms. The number of Topliss-reactive ketones (excluding diaryl/α,β-unsaturated/α-hetero) is 1. The summed E-state index contributed by atoms with van der Waals surface area (Å²) >= 11 is 0. The molecular weight excluding hydrogens is 769 g/mol. The molecule has 1 saturated heterocycles. The van der Waals surface area contributed by atoms with Gasteiger partial charge in [0.15, 0.2) is 5.78 Å². The number of carbonyl (C=O) groups excluding carboxylic acids is 4. The highest BCUT2D eigenvalue weighted by Crippen LogP contribution is 2.27. The zero-order valence-electron chi connectivity index (χ0n) is 33.2. The second-order valence-electron chi connectivity index (χ2n) is 14.1. The lowest BCUT2D eigenvalue weighted by atomic mass is 9.93. The number of aromatic nitrogens is 1. The fourth-order valence-electron chi connectivity index (χ4n) is 6.40. The Morgan fingerprint density at radius 1 is 0.898 bits per heavy atom. The Morgan fingerprint density at radius 3 is 2.10 bits per heavy atom. The van der Waals surface area contributed by atoms with E-state index in [-0.39, 0.29) is 67.9 Å². The second-order valence-corrected chi connectivity index (χ2v) is 14.1. The number of nitrogens with zero attached hydrogens (tertiary/aromatic N) is 3. The number of carboxylic acid groups (broad SMARTS) is 2. The van der Waals surface area contributed by atoms with Crippen LogP contribution in [0.25, 0.3) is 10.9 Å². The number of carbonyl (C=O) groups is 6. The molecule has 16 nitrogen and oxygen atoms in total. The first kappa shape index (κ1) is 44.9. The van der Waals surface area contributed by atoms with Gasteiger partial charge in [-0.1, -0.05) is 63.2 Å². The zero-order chi connectivity index (χ0) is 43.2. The number of rotatable bonds is 14. The third-order valence-electron chi connectivity index (χ3n) is 9.64. The number of aryl methyl sites for hydroxylation is 1. The molecule has 3 aromatic carbocycles. The van der Waals surface area contributed by atoms with Gasteiger partial charge in [-0.2, -0.15) is 0 Å². The van der Waals surface area contributed by atoms with Crippen molar-refractivity contribution in [2.75, 3.05) is 36.4 Å². The topological polar surface area (TPSA) is 214 Å². The third-order valence-corrected chi connectivity index (χ3v) is 9.64. The van der Waals surface area contributed by atoms with E-state index in [0.717, 1.165) is 11.6 Å². The molecule has 2 atom stereocenters. The first-order valence-electron chi connectivity index (χ1n) is 18.9. The monoisotopic (exact) mass is 817 g/mol. The van der Waals surface area contributed by atoms with Gasteiger partial charge in [-0.25, -0.2) is 18.8 Å². The molecule has 1 fully saturated rings. The van der Waals surface area contributed by atoms with Crippen molar-refractivity contribution in [2.45, 2.75) is 59.9 Å². The van der Waals surface area contributed by atoms with Crippen molar-refractivity contribution in [1.29, 1.82) is 0 Å². The van der Waals surface area contributed by atoms with Crippen molar-refractivity contribution in [3.63, 3.8) is 0 Å². The molecule has 0 unspecified atom stereocenters. The summed E-state index contributed by atoms with van der Waals surface area (Å²) in [7, 11) is 0. The van der Waals surface area contributed by atoms with Gasteiger partial charge in [0.1, 0.15) is 24.6 Å². The number of piperazine rings is 1. The lowest BCUT2D eigenvalue weighted by Gasteiger charge is -2.35. The van der Waals surface area contributed by atoms with Gasteiger partial charge < -0.3 is 44.7 Å². The van der Waals surface area contributed by atoms with E-state index in [9.17, 15) is 33.9 Å². The number of halogens is 1. The number of pyridine rings is 1. The van der Waals surface area contributed by atoms with Gasteiger partial charge in [-0.3, -0.25) is 19.2 Å². The van der Waals surface area contributed by atoms with Crippen LogP contribution in [0.1, 0.15) is 55.6 Å². The van der Waals surface area contributed by atoms with Gasteiger partial charge in [0.05, 0.1) is 17.2 Å². The molecular formula is C42H48FN5O11. The normalized spacial score (nSPS) is 13.4. The molecule has 0 aliphatic carbocycles. The lowest BCUT2D eigenvalue weighted by Crippen LogP contribution is -2.49. The fourth-order valence-corrected chi connectivity index (χ4v) is 6.40. The number of hydrogen-bond donors (Lipinski definition) is 4. The number of alkyl carbamates (subject to hydrolysis) is 1.